The van der Waals surface area contributed by atoms with E-state index in [9.17, 15) is 4.79 Å². The second kappa shape index (κ2) is 12.7. The smallest absolute Gasteiger partial charge is 0.354 e. The van der Waals surface area contributed by atoms with E-state index in [1.165, 1.54) is 18.5 Å². The number of hydrogen-bond acceptors (Lipinski definition) is 6. The highest BCUT2D eigenvalue weighted by Gasteiger charge is 2.24. The van der Waals surface area contributed by atoms with Crippen molar-refractivity contribution in [1.29, 1.82) is 5.41 Å². The van der Waals surface area contributed by atoms with E-state index in [2.05, 4.69) is 32.0 Å². The Kier molecular flexibility index (Phi) is 9.10. The Morgan fingerprint density at radius 2 is 2.00 bits per heavy atom. The van der Waals surface area contributed by atoms with Crippen LogP contribution in [0.25, 0.3) is 16.7 Å². The molecule has 0 spiro atoms. The molecule has 2 unspecified atom stereocenters. The molecule has 2 atom stereocenters. The second-order valence-electron chi connectivity index (χ2n) is 9.68. The van der Waals surface area contributed by atoms with Gasteiger partial charge in [-0.25, -0.2) is 4.79 Å². The van der Waals surface area contributed by atoms with Gasteiger partial charge in [-0.1, -0.05) is 18.6 Å². The number of nitrogens with one attached hydrogen (secondary N) is 5. The third-order valence-corrected chi connectivity index (χ3v) is 6.90. The highest BCUT2D eigenvalue weighted by Crippen LogP contribution is 2.36. The Hall–Kier alpha value is -3.21. The predicted molar refractivity (Wildman–Crippen MR) is 145 cm³/mol. The monoisotopic (exact) mass is 493 g/mol. The quantitative estimate of drug-likeness (QED) is 0.114. The van der Waals surface area contributed by atoms with Crippen LogP contribution in [0.2, 0.25) is 0 Å². The number of hydrogen-bond donors (Lipinski definition) is 7. The van der Waals surface area contributed by atoms with Crippen molar-refractivity contribution in [2.24, 2.45) is 17.4 Å². The van der Waals surface area contributed by atoms with Crippen molar-refractivity contribution in [2.75, 3.05) is 32.7 Å². The molecule has 1 aliphatic rings. The molecule has 0 bridgehead atoms. The van der Waals surface area contributed by atoms with E-state index < -0.39 is 0 Å². The van der Waals surface area contributed by atoms with Gasteiger partial charge in [0.1, 0.15) is 5.65 Å². The number of fused-ring (bicyclic) bond motifs is 1. The summed E-state index contributed by atoms with van der Waals surface area (Å²) < 4.78 is 1.62. The van der Waals surface area contributed by atoms with Gasteiger partial charge in [-0.3, -0.25) is 9.98 Å². The Morgan fingerprint density at radius 1 is 1.17 bits per heavy atom. The summed E-state index contributed by atoms with van der Waals surface area (Å²) in [5.41, 5.74) is 14.4. The molecule has 1 fully saturated rings. The molecule has 0 radical (unpaired) electrons. The summed E-state index contributed by atoms with van der Waals surface area (Å²) in [6.07, 6.45) is 7.53. The van der Waals surface area contributed by atoms with Crippen LogP contribution in [-0.2, 0) is 6.54 Å². The first kappa shape index (κ1) is 25.9. The zero-order chi connectivity index (χ0) is 25.3. The van der Waals surface area contributed by atoms with Gasteiger partial charge in [0.25, 0.3) is 0 Å². The largest absolute Gasteiger partial charge is 0.370 e. The lowest BCUT2D eigenvalue weighted by Crippen LogP contribution is -2.32. The van der Waals surface area contributed by atoms with Crippen LogP contribution >= 0.6 is 0 Å². The highest BCUT2D eigenvalue weighted by atomic mass is 16.1. The SMILES string of the molecule is N=C(N)NCCCNCc1ccc(-n2cc3cc(C4CCCC(CNCCN)C4)[nH]c3nc2=O)cc1. The van der Waals surface area contributed by atoms with Gasteiger partial charge in [0.05, 0.1) is 5.69 Å². The number of aromatic nitrogens is 3. The Labute approximate surface area is 211 Å². The normalized spacial score (nSPS) is 17.9. The fourth-order valence-corrected chi connectivity index (χ4v) is 5.03. The van der Waals surface area contributed by atoms with Crippen LogP contribution in [0.15, 0.2) is 41.3 Å². The fraction of sp³-hybridized carbons (Fsp3) is 0.500. The molecule has 2 heterocycles. The van der Waals surface area contributed by atoms with Crippen LogP contribution in [0, 0.1) is 11.3 Å². The average Bonchev–Trinajstić information content (AvgIpc) is 3.29. The number of H-pyrrole nitrogens is 1. The molecule has 3 aromatic rings. The zero-order valence-corrected chi connectivity index (χ0v) is 20.9. The number of nitrogens with zero attached hydrogens (tertiary/aromatic N) is 2. The predicted octanol–water partition coefficient (Wildman–Crippen LogP) is 1.50. The van der Waals surface area contributed by atoms with Gasteiger partial charge in [-0.15, -0.1) is 0 Å². The molecule has 1 aromatic carbocycles. The van der Waals surface area contributed by atoms with Crippen molar-refractivity contribution in [3.63, 3.8) is 0 Å². The summed E-state index contributed by atoms with van der Waals surface area (Å²) in [6, 6.07) is 10.1. The van der Waals surface area contributed by atoms with Crippen LogP contribution in [0.3, 0.4) is 0 Å². The van der Waals surface area contributed by atoms with Crippen molar-refractivity contribution in [3.05, 3.63) is 58.3 Å². The molecular formula is C26H39N9O. The topological polar surface area (TPSA) is 163 Å². The van der Waals surface area contributed by atoms with Crippen molar-refractivity contribution < 1.29 is 0 Å². The number of aromatic amines is 1. The molecule has 4 rings (SSSR count). The van der Waals surface area contributed by atoms with E-state index >= 15 is 0 Å². The standard InChI is InChI=1S/C26H39N9O/c27-9-12-31-16-19-3-1-4-20(13-19)23-14-21-17-35(26(36)34-24(21)33-23)22-7-5-18(6-8-22)15-30-10-2-11-32-25(28)29/h5-8,14,17,19-20,30-31H,1-4,9-13,15-16,27H2,(H4,28,29,32)(H,33,34,36). The fourth-order valence-electron chi connectivity index (χ4n) is 5.03. The van der Waals surface area contributed by atoms with Gasteiger partial charge >= 0.3 is 5.69 Å². The summed E-state index contributed by atoms with van der Waals surface area (Å²) in [6.45, 7) is 4.78. The second-order valence-corrected chi connectivity index (χ2v) is 9.68. The minimum Gasteiger partial charge on any atom is -0.370 e. The van der Waals surface area contributed by atoms with E-state index in [-0.39, 0.29) is 11.6 Å². The van der Waals surface area contributed by atoms with Crippen LogP contribution in [0.5, 0.6) is 0 Å². The lowest BCUT2D eigenvalue weighted by atomic mass is 9.80. The Morgan fingerprint density at radius 3 is 2.78 bits per heavy atom. The first-order valence-corrected chi connectivity index (χ1v) is 12.9. The lowest BCUT2D eigenvalue weighted by Gasteiger charge is -2.28. The van der Waals surface area contributed by atoms with Crippen molar-refractivity contribution >= 4 is 17.0 Å². The van der Waals surface area contributed by atoms with E-state index in [0.29, 0.717) is 30.6 Å². The molecule has 1 aliphatic carbocycles. The van der Waals surface area contributed by atoms with Crippen molar-refractivity contribution in [3.8, 4) is 5.69 Å². The van der Waals surface area contributed by atoms with Crippen LogP contribution in [0.1, 0.15) is 49.3 Å². The van der Waals surface area contributed by atoms with E-state index in [1.807, 2.05) is 30.5 Å². The van der Waals surface area contributed by atoms with Gasteiger partial charge in [0.15, 0.2) is 5.96 Å². The molecule has 0 saturated heterocycles. The summed E-state index contributed by atoms with van der Waals surface area (Å²) >= 11 is 0. The summed E-state index contributed by atoms with van der Waals surface area (Å²) in [5, 5.41) is 17.7. The van der Waals surface area contributed by atoms with Gasteiger partial charge < -0.3 is 32.4 Å². The molecule has 10 heteroatoms. The minimum atomic E-state index is -0.285. The molecule has 194 valence electrons. The Bertz CT molecular complexity index is 1180. The third-order valence-electron chi connectivity index (χ3n) is 6.90. The van der Waals surface area contributed by atoms with Crippen LogP contribution in [-0.4, -0.2) is 53.2 Å². The molecule has 0 aliphatic heterocycles. The molecule has 2 aromatic heterocycles. The average molecular weight is 494 g/mol. The molecule has 1 saturated carbocycles. The first-order valence-electron chi connectivity index (χ1n) is 12.9. The van der Waals surface area contributed by atoms with E-state index in [0.717, 1.165) is 62.1 Å². The zero-order valence-electron chi connectivity index (χ0n) is 20.9. The minimum absolute atomic E-state index is 0.00129. The maximum absolute atomic E-state index is 12.8. The van der Waals surface area contributed by atoms with Crippen LogP contribution < -0.4 is 33.1 Å². The van der Waals surface area contributed by atoms with E-state index in [4.69, 9.17) is 16.9 Å². The van der Waals surface area contributed by atoms with Gasteiger partial charge in [0.2, 0.25) is 0 Å². The summed E-state index contributed by atoms with van der Waals surface area (Å²) in [5.74, 6) is 1.12. The van der Waals surface area contributed by atoms with Gasteiger partial charge in [-0.2, -0.15) is 4.98 Å². The van der Waals surface area contributed by atoms with Gasteiger partial charge in [0, 0.05) is 43.5 Å². The summed E-state index contributed by atoms with van der Waals surface area (Å²) in [4.78, 5) is 20.6. The summed E-state index contributed by atoms with van der Waals surface area (Å²) in [7, 11) is 0. The maximum Gasteiger partial charge on any atom is 0.354 e. The van der Waals surface area contributed by atoms with Crippen LogP contribution in [0.4, 0.5) is 0 Å². The molecular weight excluding hydrogens is 454 g/mol. The molecule has 9 N–H and O–H groups in total. The van der Waals surface area contributed by atoms with Crippen molar-refractivity contribution in [2.45, 2.75) is 44.6 Å². The molecule has 10 nitrogen and oxygen atoms in total. The third kappa shape index (κ3) is 6.93. The molecule has 0 amide bonds. The number of rotatable bonds is 12. The number of nitrogens with two attached hydrogens (primary N) is 2. The maximum atomic E-state index is 12.8. The first-order chi connectivity index (χ1) is 17.5. The number of guanidine groups is 1. The lowest BCUT2D eigenvalue weighted by molar-refractivity contribution is 0.309. The molecule has 36 heavy (non-hydrogen) atoms. The Balaban J connectivity index is 1.38. The highest BCUT2D eigenvalue weighted by molar-refractivity contribution is 5.76. The van der Waals surface area contributed by atoms with Gasteiger partial charge in [-0.05, 0) is 74.4 Å². The van der Waals surface area contributed by atoms with E-state index in [1.54, 1.807) is 4.57 Å². The van der Waals surface area contributed by atoms with Crippen molar-refractivity contribution in [1.82, 2.24) is 30.5 Å². The number of benzene rings is 1.